The predicted molar refractivity (Wildman–Crippen MR) is 125 cm³/mol. The average Bonchev–Trinajstić information content (AvgIpc) is 3.41. The van der Waals surface area contributed by atoms with Crippen molar-refractivity contribution in [1.82, 2.24) is 20.3 Å². The third-order valence-electron chi connectivity index (χ3n) is 5.30. The summed E-state index contributed by atoms with van der Waals surface area (Å²) in [6.07, 6.45) is 1.42. The van der Waals surface area contributed by atoms with Crippen molar-refractivity contribution in [3.05, 3.63) is 77.9 Å². The number of pyridine rings is 1. The normalized spacial score (nSPS) is 15.8. The molecule has 3 heterocycles. The fraction of sp³-hybridized carbons (Fsp3) is 0.292. The van der Waals surface area contributed by atoms with Gasteiger partial charge in [-0.3, -0.25) is 14.6 Å². The molecule has 0 bridgehead atoms. The number of hydrogen-bond donors (Lipinski definition) is 3. The molecule has 1 aliphatic rings. The number of benzene rings is 1. The summed E-state index contributed by atoms with van der Waals surface area (Å²) in [7, 11) is 0. The Bertz CT molecular complexity index is 1200. The molecule has 1 fully saturated rings. The van der Waals surface area contributed by atoms with Crippen LogP contribution in [-0.4, -0.2) is 40.0 Å². The Morgan fingerprint density at radius 1 is 1.14 bits per heavy atom. The molecule has 1 unspecified atom stereocenters. The van der Waals surface area contributed by atoms with Crippen LogP contribution in [0, 0.1) is 11.7 Å². The number of nitrogens with one attached hydrogen (secondary N) is 2. The fourth-order valence-electron chi connectivity index (χ4n) is 3.32. The summed E-state index contributed by atoms with van der Waals surface area (Å²) >= 11 is 0. The zero-order valence-corrected chi connectivity index (χ0v) is 19.6. The van der Waals surface area contributed by atoms with Crippen LogP contribution >= 0.6 is 0 Å². The van der Waals surface area contributed by atoms with Crippen molar-refractivity contribution in [2.45, 2.75) is 25.6 Å². The molecule has 4 N–H and O–H groups in total. The topological polar surface area (TPSA) is 132 Å². The zero-order valence-electron chi connectivity index (χ0n) is 19.6. The SMILES string of the molecule is CC(NC(=O)[C@@H]1CCOC1)c1ccc(Nc2ccc(F)cc2C(F)(F)F)cn1.NC(=O)c1cncnc1. The molecule has 37 heavy (non-hydrogen) atoms. The summed E-state index contributed by atoms with van der Waals surface area (Å²) in [6, 6.07) is 5.21. The highest BCUT2D eigenvalue weighted by Crippen LogP contribution is 2.36. The lowest BCUT2D eigenvalue weighted by Gasteiger charge is -2.17. The van der Waals surface area contributed by atoms with Gasteiger partial charge in [0.05, 0.1) is 53.0 Å². The van der Waals surface area contributed by atoms with E-state index in [1.54, 1.807) is 19.1 Å². The van der Waals surface area contributed by atoms with Crippen molar-refractivity contribution in [2.24, 2.45) is 11.7 Å². The molecule has 1 aliphatic heterocycles. The lowest BCUT2D eigenvalue weighted by atomic mass is 10.1. The van der Waals surface area contributed by atoms with Gasteiger partial charge in [0.25, 0.3) is 5.91 Å². The maximum absolute atomic E-state index is 13.2. The molecule has 196 valence electrons. The second-order valence-corrected chi connectivity index (χ2v) is 8.07. The quantitative estimate of drug-likeness (QED) is 0.422. The van der Waals surface area contributed by atoms with Crippen LogP contribution in [0.25, 0.3) is 0 Å². The van der Waals surface area contributed by atoms with Crippen LogP contribution < -0.4 is 16.4 Å². The molecule has 1 aromatic carbocycles. The Morgan fingerprint density at radius 2 is 1.86 bits per heavy atom. The van der Waals surface area contributed by atoms with Crippen molar-refractivity contribution in [3.8, 4) is 0 Å². The van der Waals surface area contributed by atoms with E-state index in [0.717, 1.165) is 12.1 Å². The van der Waals surface area contributed by atoms with E-state index in [1.165, 1.54) is 24.9 Å². The van der Waals surface area contributed by atoms with E-state index in [0.29, 0.717) is 42.6 Å². The molecule has 0 saturated carbocycles. The van der Waals surface area contributed by atoms with Gasteiger partial charge in [0.1, 0.15) is 12.1 Å². The highest BCUT2D eigenvalue weighted by atomic mass is 19.4. The number of ether oxygens (including phenoxy) is 1. The summed E-state index contributed by atoms with van der Waals surface area (Å²) in [5.74, 6) is -1.77. The number of amides is 2. The Hall–Kier alpha value is -4.13. The van der Waals surface area contributed by atoms with Crippen molar-refractivity contribution >= 4 is 23.2 Å². The minimum absolute atomic E-state index is 0.116. The first kappa shape index (κ1) is 27.5. The van der Waals surface area contributed by atoms with Crippen LogP contribution in [0.3, 0.4) is 0 Å². The minimum Gasteiger partial charge on any atom is -0.381 e. The van der Waals surface area contributed by atoms with Gasteiger partial charge in [0.15, 0.2) is 0 Å². The number of halogens is 4. The second kappa shape index (κ2) is 12.2. The lowest BCUT2D eigenvalue weighted by molar-refractivity contribution is -0.137. The predicted octanol–water partition coefficient (Wildman–Crippen LogP) is 3.77. The number of primary amides is 1. The van der Waals surface area contributed by atoms with Gasteiger partial charge in [-0.2, -0.15) is 13.2 Å². The Balaban J connectivity index is 0.000000356. The van der Waals surface area contributed by atoms with Crippen LogP contribution in [0.2, 0.25) is 0 Å². The van der Waals surface area contributed by atoms with E-state index in [2.05, 4.69) is 25.6 Å². The smallest absolute Gasteiger partial charge is 0.381 e. The van der Waals surface area contributed by atoms with Crippen molar-refractivity contribution in [3.63, 3.8) is 0 Å². The monoisotopic (exact) mass is 520 g/mol. The second-order valence-electron chi connectivity index (χ2n) is 8.07. The standard InChI is InChI=1S/C19H19F4N3O2.C5H5N3O/c1-11(25-18(27)12-6-7-28-10-12)16-5-3-14(9-24-16)26-17-4-2-13(20)8-15(17)19(21,22)23;6-5(9)4-1-7-3-8-2-4/h2-5,8-9,11-12,26H,6-7,10H2,1H3,(H,25,27);1-3H,(H2,6,9)/t11?,12-;/m1./s1. The number of nitrogens with zero attached hydrogens (tertiary/aromatic N) is 3. The highest BCUT2D eigenvalue weighted by molar-refractivity contribution is 5.91. The molecule has 2 aromatic heterocycles. The van der Waals surface area contributed by atoms with E-state index in [1.807, 2.05) is 0 Å². The molecule has 2 amide bonds. The van der Waals surface area contributed by atoms with Crippen LogP contribution in [0.15, 0.2) is 55.2 Å². The maximum atomic E-state index is 13.2. The highest BCUT2D eigenvalue weighted by Gasteiger charge is 2.34. The van der Waals surface area contributed by atoms with Gasteiger partial charge in [0, 0.05) is 19.0 Å². The van der Waals surface area contributed by atoms with Crippen molar-refractivity contribution < 1.29 is 31.9 Å². The van der Waals surface area contributed by atoms with Crippen LogP contribution in [0.4, 0.5) is 28.9 Å². The Morgan fingerprint density at radius 3 is 2.41 bits per heavy atom. The first-order valence-corrected chi connectivity index (χ1v) is 11.1. The minimum atomic E-state index is -4.69. The fourth-order valence-corrected chi connectivity index (χ4v) is 3.32. The summed E-state index contributed by atoms with van der Waals surface area (Å²) in [5.41, 5.74) is 4.72. The molecule has 13 heteroatoms. The molecule has 0 spiro atoms. The Labute approximate surface area is 209 Å². The summed E-state index contributed by atoms with van der Waals surface area (Å²) in [6.45, 7) is 2.73. The molecule has 1 saturated heterocycles. The maximum Gasteiger partial charge on any atom is 0.418 e. The summed E-state index contributed by atoms with van der Waals surface area (Å²) in [4.78, 5) is 33.9. The molecule has 4 rings (SSSR count). The van der Waals surface area contributed by atoms with E-state index in [9.17, 15) is 27.2 Å². The Kier molecular flexibility index (Phi) is 9.06. The lowest BCUT2D eigenvalue weighted by Crippen LogP contribution is -2.33. The summed E-state index contributed by atoms with van der Waals surface area (Å²) < 4.78 is 57.6. The molecular formula is C24H24F4N6O3. The largest absolute Gasteiger partial charge is 0.418 e. The molecule has 9 nitrogen and oxygen atoms in total. The molecular weight excluding hydrogens is 496 g/mol. The van der Waals surface area contributed by atoms with Crippen molar-refractivity contribution in [2.75, 3.05) is 18.5 Å². The van der Waals surface area contributed by atoms with Crippen LogP contribution in [-0.2, 0) is 15.7 Å². The molecule has 0 aliphatic carbocycles. The first-order chi connectivity index (χ1) is 17.5. The number of carbonyl (C=O) groups excluding carboxylic acids is 2. The van der Waals surface area contributed by atoms with E-state index in [-0.39, 0.29) is 23.6 Å². The number of rotatable bonds is 6. The molecule has 2 atom stereocenters. The van der Waals surface area contributed by atoms with Gasteiger partial charge in [-0.15, -0.1) is 0 Å². The number of hydrogen-bond acceptors (Lipinski definition) is 7. The van der Waals surface area contributed by atoms with Gasteiger partial charge in [-0.1, -0.05) is 0 Å². The summed E-state index contributed by atoms with van der Waals surface area (Å²) in [5, 5.41) is 5.46. The van der Waals surface area contributed by atoms with E-state index in [4.69, 9.17) is 10.5 Å². The first-order valence-electron chi connectivity index (χ1n) is 11.1. The molecule has 0 radical (unpaired) electrons. The van der Waals surface area contributed by atoms with Crippen LogP contribution in [0.1, 0.15) is 41.0 Å². The average molecular weight is 520 g/mol. The van der Waals surface area contributed by atoms with Gasteiger partial charge in [-0.05, 0) is 43.7 Å². The molecule has 3 aromatic rings. The third kappa shape index (κ3) is 7.93. The van der Waals surface area contributed by atoms with Gasteiger partial charge < -0.3 is 21.1 Å². The van der Waals surface area contributed by atoms with E-state index < -0.39 is 23.5 Å². The van der Waals surface area contributed by atoms with Crippen LogP contribution in [0.5, 0.6) is 0 Å². The van der Waals surface area contributed by atoms with Crippen molar-refractivity contribution in [1.29, 1.82) is 0 Å². The number of alkyl halides is 3. The van der Waals surface area contributed by atoms with E-state index >= 15 is 0 Å². The van der Waals surface area contributed by atoms with Gasteiger partial charge in [-0.25, -0.2) is 14.4 Å². The number of nitrogens with two attached hydrogens (primary N) is 1. The zero-order chi connectivity index (χ0) is 27.0. The number of carbonyl (C=O) groups is 2. The third-order valence-corrected chi connectivity index (χ3v) is 5.30. The van der Waals surface area contributed by atoms with Gasteiger partial charge in [0.2, 0.25) is 5.91 Å². The number of anilines is 2. The number of aromatic nitrogens is 3. The van der Waals surface area contributed by atoms with Gasteiger partial charge >= 0.3 is 6.18 Å².